The van der Waals surface area contributed by atoms with Crippen molar-refractivity contribution in [1.82, 2.24) is 15.1 Å². The second-order valence-corrected chi connectivity index (χ2v) is 6.93. The maximum Gasteiger partial charge on any atom is 0.266 e. The summed E-state index contributed by atoms with van der Waals surface area (Å²) in [6.45, 7) is 0.491. The zero-order valence-corrected chi connectivity index (χ0v) is 15.2. The smallest absolute Gasteiger partial charge is 0.266 e. The van der Waals surface area contributed by atoms with Crippen LogP contribution < -0.4 is 10.9 Å². The van der Waals surface area contributed by atoms with E-state index in [1.807, 2.05) is 17.5 Å². The van der Waals surface area contributed by atoms with E-state index in [4.69, 9.17) is 23.2 Å². The molecular weight excluding hydrogens is 381 g/mol. The molecule has 25 heavy (non-hydrogen) atoms. The number of benzene rings is 1. The largest absolute Gasteiger partial charge is 0.350 e. The lowest BCUT2D eigenvalue weighted by Crippen LogP contribution is -2.32. The quantitative estimate of drug-likeness (QED) is 0.718. The Hall–Kier alpha value is -2.15. The first-order valence-electron chi connectivity index (χ1n) is 7.40. The molecule has 5 nitrogen and oxygen atoms in total. The molecule has 0 saturated carbocycles. The van der Waals surface area contributed by atoms with Crippen molar-refractivity contribution in [3.63, 3.8) is 0 Å². The Morgan fingerprint density at radius 1 is 1.20 bits per heavy atom. The van der Waals surface area contributed by atoms with Crippen molar-refractivity contribution in [2.75, 3.05) is 6.54 Å². The fraction of sp³-hybridized carbons (Fsp3) is 0.118. The highest BCUT2D eigenvalue weighted by molar-refractivity contribution is 7.13. The lowest BCUT2D eigenvalue weighted by molar-refractivity contribution is 0.0952. The summed E-state index contributed by atoms with van der Waals surface area (Å²) in [5.74, 6) is -0.352. The summed E-state index contributed by atoms with van der Waals surface area (Å²) in [5, 5.41) is 9.74. The average molecular weight is 394 g/mol. The van der Waals surface area contributed by atoms with Gasteiger partial charge >= 0.3 is 0 Å². The normalized spacial score (nSPS) is 10.6. The Morgan fingerprint density at radius 2 is 2.04 bits per heavy atom. The van der Waals surface area contributed by atoms with Crippen molar-refractivity contribution < 1.29 is 4.79 Å². The van der Waals surface area contributed by atoms with Crippen LogP contribution in [0.1, 0.15) is 10.4 Å². The number of nitrogens with zero attached hydrogens (tertiary/aromatic N) is 2. The number of halogens is 2. The first-order valence-corrected chi connectivity index (χ1v) is 9.03. The molecule has 0 aliphatic heterocycles. The van der Waals surface area contributed by atoms with Gasteiger partial charge in [0.05, 0.1) is 22.0 Å². The predicted octanol–water partition coefficient (Wildman–Crippen LogP) is 3.71. The van der Waals surface area contributed by atoms with Gasteiger partial charge in [0.15, 0.2) is 0 Å². The van der Waals surface area contributed by atoms with Crippen LogP contribution in [0.4, 0.5) is 0 Å². The lowest BCUT2D eigenvalue weighted by Gasteiger charge is -2.09. The molecule has 0 fully saturated rings. The number of aromatic nitrogens is 2. The summed E-state index contributed by atoms with van der Waals surface area (Å²) >= 11 is 13.4. The second kappa shape index (κ2) is 7.82. The van der Waals surface area contributed by atoms with E-state index in [2.05, 4.69) is 10.4 Å². The van der Waals surface area contributed by atoms with E-state index < -0.39 is 0 Å². The molecule has 0 aliphatic rings. The summed E-state index contributed by atoms with van der Waals surface area (Å²) in [7, 11) is 0. The minimum atomic E-state index is -0.352. The van der Waals surface area contributed by atoms with Crippen LogP contribution in [0.3, 0.4) is 0 Å². The number of hydrogen-bond acceptors (Lipinski definition) is 4. The van der Waals surface area contributed by atoms with Crippen molar-refractivity contribution in [2.45, 2.75) is 6.54 Å². The topological polar surface area (TPSA) is 64.0 Å². The Kier molecular flexibility index (Phi) is 5.53. The number of hydrogen-bond donors (Lipinski definition) is 1. The Morgan fingerprint density at radius 3 is 2.80 bits per heavy atom. The van der Waals surface area contributed by atoms with Crippen LogP contribution in [0.25, 0.3) is 10.6 Å². The third-order valence-electron chi connectivity index (χ3n) is 3.42. The SMILES string of the molecule is O=C(NCCn1nc(-c2cccs2)ccc1=O)c1cc(Cl)ccc1Cl. The van der Waals surface area contributed by atoms with Crippen molar-refractivity contribution >= 4 is 40.4 Å². The molecular formula is C17H13Cl2N3O2S. The molecule has 1 aromatic carbocycles. The van der Waals surface area contributed by atoms with Gasteiger partial charge in [-0.2, -0.15) is 5.10 Å². The van der Waals surface area contributed by atoms with Gasteiger partial charge in [-0.15, -0.1) is 11.3 Å². The van der Waals surface area contributed by atoms with Gasteiger partial charge < -0.3 is 5.32 Å². The van der Waals surface area contributed by atoms with E-state index in [1.165, 1.54) is 16.8 Å². The molecule has 0 saturated heterocycles. The zero-order chi connectivity index (χ0) is 17.8. The molecule has 8 heteroatoms. The van der Waals surface area contributed by atoms with Gasteiger partial charge in [-0.3, -0.25) is 9.59 Å². The molecule has 3 rings (SSSR count). The monoisotopic (exact) mass is 393 g/mol. The van der Waals surface area contributed by atoms with E-state index in [-0.39, 0.29) is 24.6 Å². The van der Waals surface area contributed by atoms with Gasteiger partial charge in [0.2, 0.25) is 0 Å². The summed E-state index contributed by atoms with van der Waals surface area (Å²) < 4.78 is 1.33. The van der Waals surface area contributed by atoms with Crippen LogP contribution in [0.15, 0.2) is 52.6 Å². The molecule has 0 spiro atoms. The zero-order valence-electron chi connectivity index (χ0n) is 12.9. The first-order chi connectivity index (χ1) is 12.0. The molecule has 0 atom stereocenters. The number of nitrogens with one attached hydrogen (secondary N) is 1. The summed E-state index contributed by atoms with van der Waals surface area (Å²) in [6, 6.07) is 11.7. The third-order valence-corrected chi connectivity index (χ3v) is 4.88. The van der Waals surface area contributed by atoms with E-state index in [9.17, 15) is 9.59 Å². The van der Waals surface area contributed by atoms with Gasteiger partial charge in [-0.05, 0) is 35.7 Å². The maximum absolute atomic E-state index is 12.2. The standard InChI is InChI=1S/C17H13Cl2N3O2S/c18-11-3-4-13(19)12(10-11)17(24)20-7-8-22-16(23)6-5-14(21-22)15-2-1-9-25-15/h1-6,9-10H,7-8H2,(H,20,24). The van der Waals surface area contributed by atoms with Crippen LogP contribution in [-0.4, -0.2) is 22.2 Å². The Labute approximate surface area is 157 Å². The summed E-state index contributed by atoms with van der Waals surface area (Å²) in [4.78, 5) is 25.1. The molecule has 0 bridgehead atoms. The van der Waals surface area contributed by atoms with Crippen molar-refractivity contribution in [3.8, 4) is 10.6 Å². The third kappa shape index (κ3) is 4.28. The van der Waals surface area contributed by atoms with Crippen LogP contribution in [0.5, 0.6) is 0 Å². The molecule has 128 valence electrons. The highest BCUT2D eigenvalue weighted by Gasteiger charge is 2.11. The van der Waals surface area contributed by atoms with Crippen molar-refractivity contribution in [1.29, 1.82) is 0 Å². The number of carbonyl (C=O) groups is 1. The first kappa shape index (κ1) is 17.7. The van der Waals surface area contributed by atoms with E-state index in [1.54, 1.807) is 29.5 Å². The number of thiophene rings is 1. The average Bonchev–Trinajstić information content (AvgIpc) is 3.13. The molecule has 0 unspecified atom stereocenters. The predicted molar refractivity (Wildman–Crippen MR) is 101 cm³/mol. The van der Waals surface area contributed by atoms with E-state index in [0.717, 1.165) is 10.6 Å². The molecule has 1 N–H and O–H groups in total. The summed E-state index contributed by atoms with van der Waals surface area (Å²) in [5.41, 5.74) is 0.788. The van der Waals surface area contributed by atoms with Crippen LogP contribution >= 0.6 is 34.5 Å². The van der Waals surface area contributed by atoms with Gasteiger partial charge in [0, 0.05) is 17.6 Å². The van der Waals surface area contributed by atoms with Gasteiger partial charge in [-0.1, -0.05) is 29.3 Å². The van der Waals surface area contributed by atoms with Crippen molar-refractivity contribution in [3.05, 3.63) is 73.8 Å². The fourth-order valence-electron chi connectivity index (χ4n) is 2.21. The molecule has 2 aromatic heterocycles. The van der Waals surface area contributed by atoms with Gasteiger partial charge in [0.25, 0.3) is 11.5 Å². The molecule has 3 aromatic rings. The van der Waals surface area contributed by atoms with Gasteiger partial charge in [-0.25, -0.2) is 4.68 Å². The maximum atomic E-state index is 12.2. The van der Waals surface area contributed by atoms with E-state index in [0.29, 0.717) is 15.6 Å². The second-order valence-electron chi connectivity index (χ2n) is 5.14. The number of rotatable bonds is 5. The fourth-order valence-corrected chi connectivity index (χ4v) is 3.27. The van der Waals surface area contributed by atoms with Crippen LogP contribution in [0, 0.1) is 0 Å². The highest BCUT2D eigenvalue weighted by atomic mass is 35.5. The highest BCUT2D eigenvalue weighted by Crippen LogP contribution is 2.21. The molecule has 1 amide bonds. The number of amides is 1. The Balaban J connectivity index is 1.68. The van der Waals surface area contributed by atoms with E-state index >= 15 is 0 Å². The minimum absolute atomic E-state index is 0.227. The lowest BCUT2D eigenvalue weighted by atomic mass is 10.2. The van der Waals surface area contributed by atoms with Crippen molar-refractivity contribution in [2.24, 2.45) is 0 Å². The Bertz CT molecular complexity index is 955. The van der Waals surface area contributed by atoms with Crippen LogP contribution in [0.2, 0.25) is 10.0 Å². The van der Waals surface area contributed by atoms with Gasteiger partial charge in [0.1, 0.15) is 5.69 Å². The molecule has 2 heterocycles. The molecule has 0 aliphatic carbocycles. The van der Waals surface area contributed by atoms with Crippen LogP contribution in [-0.2, 0) is 6.54 Å². The summed E-state index contributed by atoms with van der Waals surface area (Å²) in [6.07, 6.45) is 0. The minimum Gasteiger partial charge on any atom is -0.350 e. The molecule has 0 radical (unpaired) electrons. The number of carbonyl (C=O) groups excluding carboxylic acids is 1.